The zero-order valence-electron chi connectivity index (χ0n) is 17.1. The van der Waals surface area contributed by atoms with Crippen molar-refractivity contribution in [3.63, 3.8) is 0 Å². The molecule has 0 spiro atoms. The van der Waals surface area contributed by atoms with Gasteiger partial charge >= 0.3 is 5.69 Å². The van der Waals surface area contributed by atoms with Gasteiger partial charge < -0.3 is 19.8 Å². The number of rotatable bonds is 7. The van der Waals surface area contributed by atoms with Crippen LogP contribution in [0.2, 0.25) is 0 Å². The smallest absolute Gasteiger partial charge is 0.332 e. The van der Waals surface area contributed by atoms with Crippen LogP contribution in [0.4, 0.5) is 0 Å². The van der Waals surface area contributed by atoms with Crippen molar-refractivity contribution in [1.82, 2.24) is 24.8 Å². The van der Waals surface area contributed by atoms with E-state index in [0.29, 0.717) is 47.3 Å². The van der Waals surface area contributed by atoms with Crippen molar-refractivity contribution >= 4 is 11.2 Å². The highest BCUT2D eigenvalue weighted by Gasteiger charge is 2.19. The highest BCUT2D eigenvalue weighted by Crippen LogP contribution is 2.27. The van der Waals surface area contributed by atoms with Gasteiger partial charge in [0.05, 0.1) is 25.1 Å². The maximum absolute atomic E-state index is 12.9. The van der Waals surface area contributed by atoms with Crippen molar-refractivity contribution in [2.45, 2.75) is 13.5 Å². The monoisotopic (exact) mass is 405 g/mol. The van der Waals surface area contributed by atoms with Gasteiger partial charge in [0.25, 0.3) is 0 Å². The third-order valence-corrected chi connectivity index (χ3v) is 4.71. The summed E-state index contributed by atoms with van der Waals surface area (Å²) >= 11 is 0. The van der Waals surface area contributed by atoms with E-state index in [-0.39, 0.29) is 5.69 Å². The molecule has 0 bridgehead atoms. The minimum Gasteiger partial charge on any atom is -0.495 e. The van der Waals surface area contributed by atoms with Gasteiger partial charge in [-0.2, -0.15) is 0 Å². The van der Waals surface area contributed by atoms with Crippen molar-refractivity contribution < 1.29 is 9.47 Å². The van der Waals surface area contributed by atoms with Crippen LogP contribution in [0.5, 0.6) is 11.5 Å². The van der Waals surface area contributed by atoms with Crippen molar-refractivity contribution in [3.05, 3.63) is 64.7 Å². The van der Waals surface area contributed by atoms with E-state index in [9.17, 15) is 4.79 Å². The van der Waals surface area contributed by atoms with Crippen LogP contribution in [0.25, 0.3) is 28.2 Å². The molecule has 0 saturated heterocycles. The van der Waals surface area contributed by atoms with Crippen molar-refractivity contribution in [2.75, 3.05) is 20.8 Å². The Bertz CT molecular complexity index is 1230. The lowest BCUT2D eigenvalue weighted by molar-refractivity contribution is 0.340. The molecule has 0 unspecified atom stereocenters. The molecular formula is C22H23N5O3. The minimum absolute atomic E-state index is 0.301. The van der Waals surface area contributed by atoms with Gasteiger partial charge in [-0.3, -0.25) is 0 Å². The minimum atomic E-state index is -0.301. The summed E-state index contributed by atoms with van der Waals surface area (Å²) in [5.41, 5.74) is 2.94. The number of aromatic amines is 1. The molecule has 0 amide bonds. The van der Waals surface area contributed by atoms with Crippen molar-refractivity contribution in [3.8, 4) is 28.6 Å². The molecule has 4 rings (SSSR count). The molecule has 8 nitrogen and oxygen atoms in total. The number of para-hydroxylation sites is 2. The molecule has 2 aromatic heterocycles. The number of H-pyrrole nitrogens is 1. The fraction of sp³-hybridized carbons (Fsp3) is 0.227. The Morgan fingerprint density at radius 1 is 1.10 bits per heavy atom. The number of hydrogen-bond donors (Lipinski definition) is 2. The molecule has 2 N–H and O–H groups in total. The second-order valence-electron chi connectivity index (χ2n) is 6.62. The fourth-order valence-corrected chi connectivity index (χ4v) is 3.37. The van der Waals surface area contributed by atoms with E-state index in [1.54, 1.807) is 7.11 Å². The normalized spacial score (nSPS) is 11.0. The van der Waals surface area contributed by atoms with Crippen LogP contribution < -0.4 is 20.5 Å². The molecule has 0 fully saturated rings. The molecule has 0 aliphatic carbocycles. The Kier molecular flexibility index (Phi) is 5.49. The summed E-state index contributed by atoms with van der Waals surface area (Å²) in [6.45, 7) is 3.02. The first-order valence-corrected chi connectivity index (χ1v) is 9.69. The highest BCUT2D eigenvalue weighted by molar-refractivity contribution is 5.78. The predicted octanol–water partition coefficient (Wildman–Crippen LogP) is 2.90. The number of fused-ring (bicyclic) bond motifs is 1. The van der Waals surface area contributed by atoms with Gasteiger partial charge in [0.1, 0.15) is 17.0 Å². The van der Waals surface area contributed by atoms with Crippen LogP contribution in [-0.4, -0.2) is 40.3 Å². The maximum atomic E-state index is 12.9. The number of benzene rings is 2. The summed E-state index contributed by atoms with van der Waals surface area (Å²) in [6.07, 6.45) is 0. The summed E-state index contributed by atoms with van der Waals surface area (Å²) in [7, 11) is 3.41. The van der Waals surface area contributed by atoms with Crippen LogP contribution in [0.15, 0.2) is 53.3 Å². The molecule has 4 aromatic rings. The highest BCUT2D eigenvalue weighted by atomic mass is 16.5. The second-order valence-corrected chi connectivity index (χ2v) is 6.62. The lowest BCUT2D eigenvalue weighted by Gasteiger charge is -2.10. The number of nitrogens with one attached hydrogen (secondary N) is 2. The Morgan fingerprint density at radius 3 is 2.57 bits per heavy atom. The number of methoxy groups -OCH3 is 1. The average molecular weight is 405 g/mol. The van der Waals surface area contributed by atoms with E-state index in [0.717, 1.165) is 11.3 Å². The maximum Gasteiger partial charge on any atom is 0.332 e. The van der Waals surface area contributed by atoms with Gasteiger partial charge in [-0.25, -0.2) is 19.3 Å². The SMILES string of the molecule is CCOc1ccc(-c2nc(CNC)c3[nH]c(=O)n(-c4ccccc4OC)c3n2)cc1. The lowest BCUT2D eigenvalue weighted by atomic mass is 10.2. The van der Waals surface area contributed by atoms with E-state index >= 15 is 0 Å². The van der Waals surface area contributed by atoms with E-state index in [4.69, 9.17) is 19.4 Å². The van der Waals surface area contributed by atoms with E-state index in [1.165, 1.54) is 4.57 Å². The number of ether oxygens (including phenoxy) is 2. The topological polar surface area (TPSA) is 94.1 Å². The third-order valence-electron chi connectivity index (χ3n) is 4.71. The quantitative estimate of drug-likeness (QED) is 0.491. The summed E-state index contributed by atoms with van der Waals surface area (Å²) < 4.78 is 12.5. The van der Waals surface area contributed by atoms with Crippen LogP contribution in [0, 0.1) is 0 Å². The molecule has 154 valence electrons. The zero-order valence-corrected chi connectivity index (χ0v) is 17.1. The van der Waals surface area contributed by atoms with Gasteiger partial charge in [-0.1, -0.05) is 12.1 Å². The lowest BCUT2D eigenvalue weighted by Crippen LogP contribution is -2.15. The van der Waals surface area contributed by atoms with Gasteiger partial charge in [-0.05, 0) is 50.4 Å². The first-order chi connectivity index (χ1) is 14.7. The summed E-state index contributed by atoms with van der Waals surface area (Å²) in [6, 6.07) is 14.9. The predicted molar refractivity (Wildman–Crippen MR) is 115 cm³/mol. The summed E-state index contributed by atoms with van der Waals surface area (Å²) in [5, 5.41) is 3.11. The van der Waals surface area contributed by atoms with E-state index in [1.807, 2.05) is 62.5 Å². The van der Waals surface area contributed by atoms with Crippen LogP contribution in [0.3, 0.4) is 0 Å². The van der Waals surface area contributed by atoms with Crippen LogP contribution in [-0.2, 0) is 6.54 Å². The van der Waals surface area contributed by atoms with Crippen LogP contribution in [0.1, 0.15) is 12.6 Å². The van der Waals surface area contributed by atoms with Gasteiger partial charge in [0, 0.05) is 12.1 Å². The molecule has 2 aromatic carbocycles. The van der Waals surface area contributed by atoms with Crippen molar-refractivity contribution in [1.29, 1.82) is 0 Å². The molecule has 0 atom stereocenters. The Morgan fingerprint density at radius 2 is 1.87 bits per heavy atom. The molecule has 30 heavy (non-hydrogen) atoms. The number of aromatic nitrogens is 4. The zero-order chi connectivity index (χ0) is 21.1. The number of nitrogens with zero attached hydrogens (tertiary/aromatic N) is 3. The molecule has 0 aliphatic heterocycles. The number of imidazole rings is 1. The van der Waals surface area contributed by atoms with E-state index in [2.05, 4.69) is 10.3 Å². The molecule has 8 heteroatoms. The molecular weight excluding hydrogens is 382 g/mol. The summed E-state index contributed by atoms with van der Waals surface area (Å²) in [5.74, 6) is 1.89. The molecule has 2 heterocycles. The molecule has 0 radical (unpaired) electrons. The molecule has 0 saturated carbocycles. The average Bonchev–Trinajstić information content (AvgIpc) is 3.10. The van der Waals surface area contributed by atoms with Gasteiger partial charge in [-0.15, -0.1) is 0 Å². The molecule has 0 aliphatic rings. The summed E-state index contributed by atoms with van der Waals surface area (Å²) in [4.78, 5) is 25.2. The third kappa shape index (κ3) is 3.53. The Balaban J connectivity index is 1.94. The Hall–Kier alpha value is -3.65. The number of hydrogen-bond acceptors (Lipinski definition) is 6. The largest absolute Gasteiger partial charge is 0.495 e. The first kappa shape index (κ1) is 19.7. The van der Waals surface area contributed by atoms with Crippen molar-refractivity contribution in [2.24, 2.45) is 0 Å². The first-order valence-electron chi connectivity index (χ1n) is 9.69. The Labute approximate surface area is 173 Å². The van der Waals surface area contributed by atoms with E-state index < -0.39 is 0 Å². The second kappa shape index (κ2) is 8.38. The standard InChI is InChI=1S/C22H23N5O3/c1-4-30-15-11-9-14(10-12-15)20-24-16(13-23-2)19-21(26-20)27(22(28)25-19)17-7-5-6-8-18(17)29-3/h5-12,23H,4,13H2,1-3H3,(H,25,28). The van der Waals surface area contributed by atoms with Crippen LogP contribution >= 0.6 is 0 Å². The van der Waals surface area contributed by atoms with Gasteiger partial charge in [0.15, 0.2) is 11.5 Å². The fourth-order valence-electron chi connectivity index (χ4n) is 3.37. The van der Waals surface area contributed by atoms with Gasteiger partial charge in [0.2, 0.25) is 0 Å².